The van der Waals surface area contributed by atoms with Crippen LogP contribution >= 0.6 is 11.3 Å². The first-order valence-corrected chi connectivity index (χ1v) is 9.32. The highest BCUT2D eigenvalue weighted by atomic mass is 32.1. The molecule has 0 saturated heterocycles. The number of halogens is 1. The van der Waals surface area contributed by atoms with Gasteiger partial charge < -0.3 is 9.64 Å². The first-order valence-electron chi connectivity index (χ1n) is 8.44. The van der Waals surface area contributed by atoms with Crippen molar-refractivity contribution in [1.29, 1.82) is 0 Å². The fraction of sp³-hybridized carbons (Fsp3) is 0.190. The summed E-state index contributed by atoms with van der Waals surface area (Å²) in [6.45, 7) is 0.639. The average Bonchev–Trinajstić information content (AvgIpc) is 3.16. The monoisotopic (exact) mass is 367 g/mol. The lowest BCUT2D eigenvalue weighted by atomic mass is 9.92. The van der Waals surface area contributed by atoms with E-state index in [4.69, 9.17) is 4.74 Å². The number of thiophene rings is 1. The highest BCUT2D eigenvalue weighted by Gasteiger charge is 2.33. The molecule has 0 N–H and O–H groups in total. The largest absolute Gasteiger partial charge is 0.497 e. The van der Waals surface area contributed by atoms with Crippen LogP contribution in [0.3, 0.4) is 0 Å². The molecule has 0 aliphatic carbocycles. The van der Waals surface area contributed by atoms with Gasteiger partial charge in [-0.1, -0.05) is 12.1 Å². The lowest BCUT2D eigenvalue weighted by molar-refractivity contribution is 0.0696. The Morgan fingerprint density at radius 1 is 1.12 bits per heavy atom. The summed E-state index contributed by atoms with van der Waals surface area (Å²) < 4.78 is 18.5. The number of ether oxygens (including phenoxy) is 1. The zero-order chi connectivity index (χ0) is 18.1. The van der Waals surface area contributed by atoms with E-state index in [1.807, 2.05) is 29.2 Å². The van der Waals surface area contributed by atoms with Gasteiger partial charge in [-0.15, -0.1) is 11.3 Å². The number of carbonyl (C=O) groups excluding carboxylic acids is 1. The molecule has 26 heavy (non-hydrogen) atoms. The van der Waals surface area contributed by atoms with E-state index in [0.717, 1.165) is 17.7 Å². The van der Waals surface area contributed by atoms with Crippen LogP contribution in [0, 0.1) is 5.82 Å². The number of methoxy groups -OCH3 is 1. The number of hydrogen-bond acceptors (Lipinski definition) is 3. The predicted octanol–water partition coefficient (Wildman–Crippen LogP) is 4.68. The molecular weight excluding hydrogens is 349 g/mol. The second-order valence-corrected chi connectivity index (χ2v) is 7.23. The van der Waals surface area contributed by atoms with Crippen LogP contribution in [0.5, 0.6) is 5.75 Å². The van der Waals surface area contributed by atoms with Crippen LogP contribution in [-0.4, -0.2) is 24.5 Å². The smallest absolute Gasteiger partial charge is 0.254 e. The Kier molecular flexibility index (Phi) is 4.47. The topological polar surface area (TPSA) is 29.5 Å². The molecule has 2 aromatic carbocycles. The van der Waals surface area contributed by atoms with Crippen molar-refractivity contribution >= 4 is 17.2 Å². The molecule has 1 atom stereocenters. The molecular formula is C21H18FNO2S. The number of rotatable bonds is 3. The molecule has 1 amide bonds. The summed E-state index contributed by atoms with van der Waals surface area (Å²) in [6.07, 6.45) is 0.840. The zero-order valence-electron chi connectivity index (χ0n) is 14.3. The van der Waals surface area contributed by atoms with Crippen molar-refractivity contribution in [3.8, 4) is 5.75 Å². The van der Waals surface area contributed by atoms with Crippen molar-refractivity contribution in [3.05, 3.63) is 87.4 Å². The van der Waals surface area contributed by atoms with Crippen LogP contribution in [0.15, 0.2) is 60.0 Å². The third-order valence-corrected chi connectivity index (χ3v) is 5.75. The summed E-state index contributed by atoms with van der Waals surface area (Å²) in [6, 6.07) is 15.5. The van der Waals surface area contributed by atoms with Crippen molar-refractivity contribution in [1.82, 2.24) is 4.90 Å². The maximum atomic E-state index is 13.2. The maximum Gasteiger partial charge on any atom is 0.254 e. The molecule has 0 radical (unpaired) electrons. The highest BCUT2D eigenvalue weighted by molar-refractivity contribution is 7.10. The van der Waals surface area contributed by atoms with E-state index in [1.54, 1.807) is 30.6 Å². The van der Waals surface area contributed by atoms with E-state index in [-0.39, 0.29) is 17.8 Å². The number of hydrogen-bond donors (Lipinski definition) is 0. The van der Waals surface area contributed by atoms with Crippen molar-refractivity contribution in [2.24, 2.45) is 0 Å². The molecule has 0 spiro atoms. The van der Waals surface area contributed by atoms with Gasteiger partial charge in [0.25, 0.3) is 5.91 Å². The molecule has 1 aliphatic rings. The van der Waals surface area contributed by atoms with E-state index in [9.17, 15) is 9.18 Å². The Morgan fingerprint density at radius 3 is 2.54 bits per heavy atom. The summed E-state index contributed by atoms with van der Waals surface area (Å²) in [5.41, 5.74) is 2.71. The minimum Gasteiger partial charge on any atom is -0.497 e. The van der Waals surface area contributed by atoms with Gasteiger partial charge in [-0.05, 0) is 65.4 Å². The van der Waals surface area contributed by atoms with Crippen molar-refractivity contribution in [2.45, 2.75) is 12.5 Å². The minimum absolute atomic E-state index is 0.0809. The number of fused-ring (bicyclic) bond motifs is 1. The van der Waals surface area contributed by atoms with Crippen LogP contribution < -0.4 is 4.74 Å². The fourth-order valence-electron chi connectivity index (χ4n) is 3.44. The molecule has 132 valence electrons. The Hall–Kier alpha value is -2.66. The first kappa shape index (κ1) is 16.8. The van der Waals surface area contributed by atoms with Crippen molar-refractivity contribution in [3.63, 3.8) is 0 Å². The molecule has 1 aliphatic heterocycles. The third-order valence-electron chi connectivity index (χ3n) is 4.75. The van der Waals surface area contributed by atoms with Gasteiger partial charge >= 0.3 is 0 Å². The normalized spacial score (nSPS) is 16.2. The summed E-state index contributed by atoms with van der Waals surface area (Å²) in [7, 11) is 1.64. The molecule has 3 aromatic rings. The quantitative estimate of drug-likeness (QED) is 0.672. The second-order valence-electron chi connectivity index (χ2n) is 6.23. The van der Waals surface area contributed by atoms with Gasteiger partial charge in [0.2, 0.25) is 0 Å². The first-order chi connectivity index (χ1) is 12.7. The number of benzene rings is 2. The Labute approximate surface area is 155 Å². The molecule has 0 saturated carbocycles. The van der Waals surface area contributed by atoms with Gasteiger partial charge in [0.05, 0.1) is 13.2 Å². The molecule has 1 aromatic heterocycles. The Bertz CT molecular complexity index is 918. The van der Waals surface area contributed by atoms with Crippen LogP contribution in [-0.2, 0) is 6.42 Å². The number of nitrogens with zero attached hydrogens (tertiary/aromatic N) is 1. The summed E-state index contributed by atoms with van der Waals surface area (Å²) >= 11 is 1.73. The Morgan fingerprint density at radius 2 is 1.85 bits per heavy atom. The van der Waals surface area contributed by atoms with Crippen LogP contribution in [0.1, 0.15) is 32.4 Å². The fourth-order valence-corrected chi connectivity index (χ4v) is 4.34. The number of amides is 1. The third kappa shape index (κ3) is 2.99. The molecule has 0 bridgehead atoms. The molecule has 3 nitrogen and oxygen atoms in total. The lowest BCUT2D eigenvalue weighted by Crippen LogP contribution is -2.40. The predicted molar refractivity (Wildman–Crippen MR) is 100 cm³/mol. The molecule has 0 fully saturated rings. The molecule has 1 unspecified atom stereocenters. The van der Waals surface area contributed by atoms with E-state index in [1.165, 1.54) is 22.6 Å². The van der Waals surface area contributed by atoms with Gasteiger partial charge in [0.1, 0.15) is 11.6 Å². The van der Waals surface area contributed by atoms with Crippen LogP contribution in [0.25, 0.3) is 0 Å². The van der Waals surface area contributed by atoms with Gasteiger partial charge in [0, 0.05) is 17.0 Å². The Balaban J connectivity index is 1.74. The van der Waals surface area contributed by atoms with Crippen LogP contribution in [0.4, 0.5) is 4.39 Å². The average molecular weight is 367 g/mol. The van der Waals surface area contributed by atoms with E-state index < -0.39 is 0 Å². The molecule has 2 heterocycles. The zero-order valence-corrected chi connectivity index (χ0v) is 15.1. The van der Waals surface area contributed by atoms with Crippen LogP contribution in [0.2, 0.25) is 0 Å². The molecule has 5 heteroatoms. The van der Waals surface area contributed by atoms with Crippen molar-refractivity contribution < 1.29 is 13.9 Å². The van der Waals surface area contributed by atoms with Gasteiger partial charge in [-0.25, -0.2) is 4.39 Å². The summed E-state index contributed by atoms with van der Waals surface area (Å²) in [5.74, 6) is 0.362. The SMILES string of the molecule is COc1ccc(C2c3ccsc3CCN2C(=O)c2ccc(F)cc2)cc1. The van der Waals surface area contributed by atoms with Gasteiger partial charge in [0.15, 0.2) is 0 Å². The van der Waals surface area contributed by atoms with Crippen molar-refractivity contribution in [2.75, 3.05) is 13.7 Å². The standard InChI is InChI=1S/C21H18FNO2S/c1-25-17-8-4-14(5-9-17)20-18-11-13-26-19(18)10-12-23(20)21(24)15-2-6-16(22)7-3-15/h2-9,11,13,20H,10,12H2,1H3. The minimum atomic E-state index is -0.341. The number of carbonyl (C=O) groups is 1. The summed E-state index contributed by atoms with van der Waals surface area (Å²) in [4.78, 5) is 16.3. The van der Waals surface area contributed by atoms with E-state index in [2.05, 4.69) is 11.4 Å². The lowest BCUT2D eigenvalue weighted by Gasteiger charge is -2.36. The van der Waals surface area contributed by atoms with E-state index >= 15 is 0 Å². The highest BCUT2D eigenvalue weighted by Crippen LogP contribution is 2.38. The second kappa shape index (κ2) is 6.92. The summed E-state index contributed by atoms with van der Waals surface area (Å²) in [5, 5.41) is 2.08. The van der Waals surface area contributed by atoms with Gasteiger partial charge in [-0.3, -0.25) is 4.79 Å². The van der Waals surface area contributed by atoms with E-state index in [0.29, 0.717) is 12.1 Å². The maximum absolute atomic E-state index is 13.2. The molecule has 4 rings (SSSR count). The van der Waals surface area contributed by atoms with Gasteiger partial charge in [-0.2, -0.15) is 0 Å².